The summed E-state index contributed by atoms with van der Waals surface area (Å²) in [5.41, 5.74) is 3.43. The van der Waals surface area contributed by atoms with Gasteiger partial charge < -0.3 is 5.32 Å². The van der Waals surface area contributed by atoms with E-state index < -0.39 is 10.0 Å². The van der Waals surface area contributed by atoms with Crippen molar-refractivity contribution in [2.24, 2.45) is 0 Å². The summed E-state index contributed by atoms with van der Waals surface area (Å²) in [4.78, 5) is 12.1. The van der Waals surface area contributed by atoms with E-state index in [4.69, 9.17) is 0 Å². The second kappa shape index (κ2) is 7.58. The van der Waals surface area contributed by atoms with Crippen LogP contribution in [0.5, 0.6) is 0 Å². The van der Waals surface area contributed by atoms with Gasteiger partial charge in [0.2, 0.25) is 15.9 Å². The first-order valence-corrected chi connectivity index (χ1v) is 11.0. The molecular formula is C18H22N2O3S2. The van der Waals surface area contributed by atoms with Crippen LogP contribution in [0, 0.1) is 0 Å². The van der Waals surface area contributed by atoms with Crippen molar-refractivity contribution < 1.29 is 13.2 Å². The minimum absolute atomic E-state index is 0.0652. The second-order valence-electron chi connectivity index (χ2n) is 6.19. The molecule has 1 aromatic carbocycles. The molecule has 3 rings (SSSR count). The SMILES string of the molecule is CCCS(=O)(=O)N1CCCc2cc(NC(=O)Cc3ccsc3)ccc21. The molecule has 2 aromatic rings. The van der Waals surface area contributed by atoms with Gasteiger partial charge in [-0.15, -0.1) is 0 Å². The second-order valence-corrected chi connectivity index (χ2v) is 8.98. The van der Waals surface area contributed by atoms with Gasteiger partial charge in [0.15, 0.2) is 0 Å². The summed E-state index contributed by atoms with van der Waals surface area (Å²) in [6.07, 6.45) is 2.56. The smallest absolute Gasteiger partial charge is 0.235 e. The Morgan fingerprint density at radius 1 is 1.32 bits per heavy atom. The zero-order valence-electron chi connectivity index (χ0n) is 14.2. The molecule has 1 aliphatic rings. The van der Waals surface area contributed by atoms with Crippen molar-refractivity contribution in [1.29, 1.82) is 0 Å². The summed E-state index contributed by atoms with van der Waals surface area (Å²) < 4.78 is 26.4. The van der Waals surface area contributed by atoms with Crippen molar-refractivity contribution >= 4 is 38.6 Å². The number of hydrogen-bond acceptors (Lipinski definition) is 4. The van der Waals surface area contributed by atoms with E-state index in [2.05, 4.69) is 5.32 Å². The van der Waals surface area contributed by atoms with E-state index in [1.165, 1.54) is 4.31 Å². The van der Waals surface area contributed by atoms with Crippen molar-refractivity contribution in [1.82, 2.24) is 0 Å². The fourth-order valence-corrected chi connectivity index (χ4v) is 5.37. The lowest BCUT2D eigenvalue weighted by Gasteiger charge is -2.30. The molecule has 1 aromatic heterocycles. The van der Waals surface area contributed by atoms with E-state index in [-0.39, 0.29) is 11.7 Å². The Morgan fingerprint density at radius 3 is 2.88 bits per heavy atom. The predicted molar refractivity (Wildman–Crippen MR) is 103 cm³/mol. The van der Waals surface area contributed by atoms with Gasteiger partial charge in [0.25, 0.3) is 0 Å². The third kappa shape index (κ3) is 4.22. The molecule has 0 radical (unpaired) electrons. The molecule has 1 amide bonds. The van der Waals surface area contributed by atoms with E-state index in [0.29, 0.717) is 25.1 Å². The van der Waals surface area contributed by atoms with Crippen LogP contribution in [0.4, 0.5) is 11.4 Å². The average molecular weight is 379 g/mol. The number of carbonyl (C=O) groups is 1. The molecule has 0 saturated carbocycles. The van der Waals surface area contributed by atoms with Crippen molar-refractivity contribution in [3.05, 3.63) is 46.2 Å². The van der Waals surface area contributed by atoms with E-state index in [0.717, 1.165) is 29.7 Å². The molecule has 1 N–H and O–H groups in total. The number of rotatable bonds is 6. The number of nitrogens with zero attached hydrogens (tertiary/aromatic N) is 1. The van der Waals surface area contributed by atoms with Gasteiger partial charge in [-0.2, -0.15) is 11.3 Å². The highest BCUT2D eigenvalue weighted by Crippen LogP contribution is 2.32. The minimum atomic E-state index is -3.27. The standard InChI is InChI=1S/C18H22N2O3S2/c1-2-10-25(22,23)20-8-3-4-15-12-16(5-6-17(15)20)19-18(21)11-14-7-9-24-13-14/h5-7,9,12-13H,2-4,8,10-11H2,1H3,(H,19,21). The molecule has 7 heteroatoms. The summed E-state index contributed by atoms with van der Waals surface area (Å²) in [6, 6.07) is 7.42. The number of amides is 1. The molecule has 0 aliphatic carbocycles. The van der Waals surface area contributed by atoms with Crippen LogP contribution in [0.3, 0.4) is 0 Å². The highest BCUT2D eigenvalue weighted by Gasteiger charge is 2.26. The van der Waals surface area contributed by atoms with Crippen molar-refractivity contribution in [2.45, 2.75) is 32.6 Å². The van der Waals surface area contributed by atoms with Crippen LogP contribution in [0.25, 0.3) is 0 Å². The third-order valence-electron chi connectivity index (χ3n) is 4.18. The van der Waals surface area contributed by atoms with Crippen LogP contribution in [-0.2, 0) is 27.7 Å². The summed E-state index contributed by atoms with van der Waals surface area (Å²) >= 11 is 1.57. The van der Waals surface area contributed by atoms with Crippen LogP contribution < -0.4 is 9.62 Å². The maximum absolute atomic E-state index is 12.4. The fraction of sp³-hybridized carbons (Fsp3) is 0.389. The number of aryl methyl sites for hydroxylation is 1. The number of benzene rings is 1. The van der Waals surface area contributed by atoms with Gasteiger partial charge in [-0.3, -0.25) is 9.10 Å². The van der Waals surface area contributed by atoms with Crippen LogP contribution in [-0.4, -0.2) is 26.6 Å². The molecule has 0 saturated heterocycles. The van der Waals surface area contributed by atoms with Gasteiger partial charge in [-0.05, 0) is 65.4 Å². The molecule has 134 valence electrons. The number of carbonyl (C=O) groups excluding carboxylic acids is 1. The topological polar surface area (TPSA) is 66.5 Å². The van der Waals surface area contributed by atoms with Crippen LogP contribution >= 0.6 is 11.3 Å². The molecule has 0 bridgehead atoms. The number of fused-ring (bicyclic) bond motifs is 1. The molecule has 0 atom stereocenters. The lowest BCUT2D eigenvalue weighted by atomic mass is 10.0. The van der Waals surface area contributed by atoms with E-state index in [1.54, 1.807) is 17.4 Å². The molecular weight excluding hydrogens is 356 g/mol. The summed E-state index contributed by atoms with van der Waals surface area (Å²) in [7, 11) is -3.27. The first-order chi connectivity index (χ1) is 12.0. The zero-order valence-corrected chi connectivity index (χ0v) is 15.8. The van der Waals surface area contributed by atoms with Gasteiger partial charge >= 0.3 is 0 Å². The molecule has 0 unspecified atom stereocenters. The fourth-order valence-electron chi connectivity index (χ4n) is 3.08. The van der Waals surface area contributed by atoms with Crippen LogP contribution in [0.2, 0.25) is 0 Å². The highest BCUT2D eigenvalue weighted by atomic mass is 32.2. The maximum Gasteiger partial charge on any atom is 0.235 e. The van der Waals surface area contributed by atoms with E-state index in [1.807, 2.05) is 35.9 Å². The number of anilines is 2. The molecule has 1 aliphatic heterocycles. The van der Waals surface area contributed by atoms with Crippen LogP contribution in [0.15, 0.2) is 35.0 Å². The Balaban J connectivity index is 1.76. The minimum Gasteiger partial charge on any atom is -0.326 e. The quantitative estimate of drug-likeness (QED) is 0.837. The number of thiophene rings is 1. The molecule has 5 nitrogen and oxygen atoms in total. The van der Waals surface area contributed by atoms with Crippen molar-refractivity contribution in [3.8, 4) is 0 Å². The predicted octanol–water partition coefficient (Wildman–Crippen LogP) is 3.42. The number of nitrogens with one attached hydrogen (secondary N) is 1. The first kappa shape index (κ1) is 17.9. The third-order valence-corrected chi connectivity index (χ3v) is 6.89. The summed E-state index contributed by atoms with van der Waals surface area (Å²) in [6.45, 7) is 2.40. The lowest BCUT2D eigenvalue weighted by Crippen LogP contribution is -2.37. The van der Waals surface area contributed by atoms with Gasteiger partial charge in [0, 0.05) is 12.2 Å². The van der Waals surface area contributed by atoms with E-state index in [9.17, 15) is 13.2 Å². The lowest BCUT2D eigenvalue weighted by molar-refractivity contribution is -0.115. The summed E-state index contributed by atoms with van der Waals surface area (Å²) in [5.74, 6) is 0.0931. The zero-order chi connectivity index (χ0) is 17.9. The maximum atomic E-state index is 12.4. The van der Waals surface area contributed by atoms with Gasteiger partial charge in [0.1, 0.15) is 0 Å². The number of sulfonamides is 1. The van der Waals surface area contributed by atoms with E-state index >= 15 is 0 Å². The number of hydrogen-bond donors (Lipinski definition) is 1. The molecule has 2 heterocycles. The van der Waals surface area contributed by atoms with Gasteiger partial charge in [-0.25, -0.2) is 8.42 Å². The van der Waals surface area contributed by atoms with Crippen molar-refractivity contribution in [3.63, 3.8) is 0 Å². The van der Waals surface area contributed by atoms with Gasteiger partial charge in [-0.1, -0.05) is 6.92 Å². The molecule has 0 spiro atoms. The Morgan fingerprint density at radius 2 is 2.16 bits per heavy atom. The monoisotopic (exact) mass is 378 g/mol. The molecule has 0 fully saturated rings. The Kier molecular flexibility index (Phi) is 5.44. The summed E-state index contributed by atoms with van der Waals surface area (Å²) in [5, 5.41) is 6.82. The normalized spacial score (nSPS) is 14.2. The Labute approximate surface area is 152 Å². The van der Waals surface area contributed by atoms with Gasteiger partial charge in [0.05, 0.1) is 17.9 Å². The first-order valence-electron chi connectivity index (χ1n) is 8.44. The Bertz CT molecular complexity index is 845. The highest BCUT2D eigenvalue weighted by molar-refractivity contribution is 7.92. The van der Waals surface area contributed by atoms with Crippen LogP contribution in [0.1, 0.15) is 30.9 Å². The molecule has 25 heavy (non-hydrogen) atoms. The Hall–Kier alpha value is -1.86. The largest absolute Gasteiger partial charge is 0.326 e. The van der Waals surface area contributed by atoms with Crippen molar-refractivity contribution in [2.75, 3.05) is 21.9 Å². The average Bonchev–Trinajstić information content (AvgIpc) is 3.06.